The van der Waals surface area contributed by atoms with Gasteiger partial charge in [-0.2, -0.15) is 0 Å². The van der Waals surface area contributed by atoms with Crippen molar-refractivity contribution in [2.75, 3.05) is 28.2 Å². The molecule has 6 heteroatoms. The first-order valence-corrected chi connectivity index (χ1v) is 11.7. The Bertz CT molecular complexity index is 1110. The van der Waals surface area contributed by atoms with Crippen LogP contribution in [0.3, 0.4) is 0 Å². The van der Waals surface area contributed by atoms with Crippen LogP contribution in [0.2, 0.25) is 0 Å². The van der Waals surface area contributed by atoms with Crippen LogP contribution in [0.1, 0.15) is 11.1 Å². The van der Waals surface area contributed by atoms with Crippen LogP contribution in [0.5, 0.6) is 0 Å². The van der Waals surface area contributed by atoms with Crippen LogP contribution in [0.25, 0.3) is 10.6 Å². The van der Waals surface area contributed by atoms with Gasteiger partial charge in [0.1, 0.15) is 11.4 Å². The molecule has 0 amide bonds. The third kappa shape index (κ3) is 8.92. The van der Waals surface area contributed by atoms with E-state index in [-0.39, 0.29) is 37.7 Å². The molecule has 0 spiro atoms. The molecule has 4 nitrogen and oxygen atoms in total. The Kier molecular flexibility index (Phi) is 13.7. The van der Waals surface area contributed by atoms with Crippen LogP contribution in [0.4, 0.5) is 34.1 Å². The molecule has 4 aromatic carbocycles. The van der Waals surface area contributed by atoms with Crippen molar-refractivity contribution in [1.29, 1.82) is 0 Å². The van der Waals surface area contributed by atoms with Crippen molar-refractivity contribution >= 4 is 34.1 Å². The van der Waals surface area contributed by atoms with E-state index in [1.54, 1.807) is 0 Å². The fourth-order valence-corrected chi connectivity index (χ4v) is 3.63. The second-order valence-corrected chi connectivity index (χ2v) is 8.83. The van der Waals surface area contributed by atoms with Crippen molar-refractivity contribution < 1.29 is 47.5 Å². The molecule has 4 rings (SSSR count). The van der Waals surface area contributed by atoms with E-state index in [4.69, 9.17) is 10.6 Å². The van der Waals surface area contributed by atoms with Gasteiger partial charge in [-0.05, 0) is 26.0 Å². The van der Waals surface area contributed by atoms with Gasteiger partial charge in [0, 0.05) is 0 Å². The van der Waals surface area contributed by atoms with E-state index in [9.17, 15) is 0 Å². The number of nitrogens with zero attached hydrogens (tertiary/aromatic N) is 2. The van der Waals surface area contributed by atoms with Crippen molar-refractivity contribution in [3.63, 3.8) is 0 Å². The van der Waals surface area contributed by atoms with Gasteiger partial charge < -0.3 is 20.4 Å². The average Bonchev–Trinajstić information content (AvgIpc) is 2.83. The number of nitrogens with one attached hydrogen (secondary N) is 2. The van der Waals surface area contributed by atoms with Crippen LogP contribution < -0.4 is 47.5 Å². The molecule has 0 aromatic heterocycles. The van der Waals surface area contributed by atoms with Gasteiger partial charge in [-0.15, -0.1) is 11.4 Å². The Hall–Kier alpha value is -2.41. The van der Waals surface area contributed by atoms with Gasteiger partial charge in [0.25, 0.3) is 0 Å². The summed E-state index contributed by atoms with van der Waals surface area (Å²) in [5.41, 5.74) is 9.02. The predicted molar refractivity (Wildman–Crippen MR) is 146 cm³/mol. The van der Waals surface area contributed by atoms with Gasteiger partial charge in [0.2, 0.25) is 0 Å². The van der Waals surface area contributed by atoms with Crippen molar-refractivity contribution in [1.82, 2.24) is 0 Å². The number of rotatable bonds is 6. The Balaban J connectivity index is 0.000000341. The molecule has 36 heavy (non-hydrogen) atoms. The zero-order chi connectivity index (χ0) is 24.5. The molecule has 2 N–H and O–H groups in total. The zero-order valence-corrected chi connectivity index (χ0v) is 23.1. The maximum atomic E-state index is 4.74. The standard InChI is InChI=1S/2C15H17N2.2Li/c2*1-12-8-4-5-9-13(12)16-14-10-6-7-11-15(14)17(2)3;;/h2*4-11H,1-3H3;;/q2*-1;2*+1/p+2. The Labute approximate surface area is 241 Å². The normalized spacial score (nSPS) is 10.0. The van der Waals surface area contributed by atoms with Crippen molar-refractivity contribution in [2.45, 2.75) is 13.8 Å². The first kappa shape index (κ1) is 31.6. The summed E-state index contributed by atoms with van der Waals surface area (Å²) in [4.78, 5) is 2.58. The number of aryl methyl sites for hydroxylation is 2. The Morgan fingerprint density at radius 1 is 0.417 bits per heavy atom. The fourth-order valence-electron chi connectivity index (χ4n) is 3.63. The van der Waals surface area contributed by atoms with E-state index >= 15 is 0 Å². The molecule has 0 saturated carbocycles. The summed E-state index contributed by atoms with van der Waals surface area (Å²) in [6.45, 7) is 4.17. The van der Waals surface area contributed by atoms with Crippen LogP contribution in [0.15, 0.2) is 97.1 Å². The van der Waals surface area contributed by atoms with Crippen LogP contribution >= 0.6 is 0 Å². The third-order valence-electron chi connectivity index (χ3n) is 5.60. The van der Waals surface area contributed by atoms with E-state index < -0.39 is 0 Å². The minimum absolute atomic E-state index is 0. The third-order valence-corrected chi connectivity index (χ3v) is 5.60. The summed E-state index contributed by atoms with van der Waals surface area (Å²) in [6.07, 6.45) is 0. The van der Waals surface area contributed by atoms with Crippen molar-refractivity contribution in [3.8, 4) is 0 Å². The summed E-state index contributed by atoms with van der Waals surface area (Å²) < 4.78 is 0. The van der Waals surface area contributed by atoms with Gasteiger partial charge in [0.15, 0.2) is 0 Å². The van der Waals surface area contributed by atoms with Crippen LogP contribution in [-0.4, -0.2) is 28.2 Å². The minimum Gasteiger partial charge on any atom is -0.653 e. The molecular formula is C30H36Li2N4+2. The minimum atomic E-state index is 0. The maximum Gasteiger partial charge on any atom is 1.00 e. The van der Waals surface area contributed by atoms with E-state index in [0.29, 0.717) is 0 Å². The molecule has 0 aliphatic heterocycles. The molecule has 4 aromatic rings. The topological polar surface area (TPSA) is 37.1 Å². The number of hydrogen-bond acceptors (Lipinski definition) is 0. The summed E-state index contributed by atoms with van der Waals surface area (Å²) >= 11 is 0. The second-order valence-electron chi connectivity index (χ2n) is 8.83. The van der Waals surface area contributed by atoms with Gasteiger partial charge in [-0.25, -0.2) is 0 Å². The first-order chi connectivity index (χ1) is 16.4. The van der Waals surface area contributed by atoms with E-state index in [2.05, 4.69) is 103 Å². The zero-order valence-electron chi connectivity index (χ0n) is 23.1. The van der Waals surface area contributed by atoms with E-state index in [1.807, 2.05) is 36.4 Å². The molecule has 0 unspecified atom stereocenters. The van der Waals surface area contributed by atoms with Gasteiger partial charge in [0.05, 0.1) is 28.2 Å². The fraction of sp³-hybridized carbons (Fsp3) is 0.200. The smallest absolute Gasteiger partial charge is 0.653 e. The van der Waals surface area contributed by atoms with Gasteiger partial charge in [-0.1, -0.05) is 107 Å². The number of quaternary nitrogens is 2. The molecule has 0 saturated heterocycles. The van der Waals surface area contributed by atoms with E-state index in [1.165, 1.54) is 32.3 Å². The number of benzene rings is 4. The largest absolute Gasteiger partial charge is 1.00 e. The Morgan fingerprint density at radius 3 is 1.00 bits per heavy atom. The number of para-hydroxylation sites is 6. The molecule has 0 fully saturated rings. The molecule has 0 aliphatic rings. The number of hydrogen-bond donors (Lipinski definition) is 2. The Morgan fingerprint density at radius 2 is 0.694 bits per heavy atom. The molecule has 0 heterocycles. The quantitative estimate of drug-likeness (QED) is 0.382. The molecule has 176 valence electrons. The van der Waals surface area contributed by atoms with Gasteiger partial charge in [-0.3, -0.25) is 0 Å². The van der Waals surface area contributed by atoms with E-state index in [0.717, 1.165) is 22.7 Å². The molecule has 0 bridgehead atoms. The summed E-state index contributed by atoms with van der Waals surface area (Å²) in [6, 6.07) is 32.9. The molecule has 0 radical (unpaired) electrons. The SMILES string of the molecule is Cc1ccccc1[N-]c1ccccc1[NH+](C)C.Cc1ccccc1[N-]c1ccccc1[NH+](C)C.[Li+].[Li+]. The second kappa shape index (κ2) is 15.7. The van der Waals surface area contributed by atoms with Crippen LogP contribution in [0, 0.1) is 13.8 Å². The first-order valence-electron chi connectivity index (χ1n) is 11.7. The predicted octanol–water partition coefficient (Wildman–Crippen LogP) is 0.224. The van der Waals surface area contributed by atoms with Gasteiger partial charge >= 0.3 is 37.7 Å². The average molecular weight is 467 g/mol. The molecule has 0 aliphatic carbocycles. The summed E-state index contributed by atoms with van der Waals surface area (Å²) in [5.74, 6) is 0. The van der Waals surface area contributed by atoms with Crippen molar-refractivity contribution in [3.05, 3.63) is 119 Å². The van der Waals surface area contributed by atoms with Crippen LogP contribution in [-0.2, 0) is 0 Å². The summed E-state index contributed by atoms with van der Waals surface area (Å²) in [5, 5.41) is 9.48. The molecule has 0 atom stereocenters. The van der Waals surface area contributed by atoms with Crippen molar-refractivity contribution in [2.24, 2.45) is 0 Å². The monoisotopic (exact) mass is 466 g/mol. The molecular weight excluding hydrogens is 430 g/mol. The maximum absolute atomic E-state index is 4.74. The summed E-state index contributed by atoms with van der Waals surface area (Å²) in [7, 11) is 8.47.